The lowest BCUT2D eigenvalue weighted by Crippen LogP contribution is -2.54. The van der Waals surface area contributed by atoms with Crippen LogP contribution in [0.4, 0.5) is 0 Å². The molecule has 1 aliphatic carbocycles. The topological polar surface area (TPSA) is 17.1 Å². The van der Waals surface area contributed by atoms with Crippen LogP contribution in [0.2, 0.25) is 0 Å². The van der Waals surface area contributed by atoms with Crippen molar-refractivity contribution in [2.45, 2.75) is 32.6 Å². The van der Waals surface area contributed by atoms with Gasteiger partial charge in [0.2, 0.25) is 0 Å². The second-order valence-corrected chi connectivity index (χ2v) is 6.32. The molecule has 21 heavy (non-hydrogen) atoms. The predicted octanol–water partition coefficient (Wildman–Crippen LogP) is 4.63. The monoisotopic (exact) mass is 278 g/mol. The summed E-state index contributed by atoms with van der Waals surface area (Å²) in [6.07, 6.45) is 1.77. The van der Waals surface area contributed by atoms with Crippen LogP contribution in [0.15, 0.2) is 60.7 Å². The zero-order valence-electron chi connectivity index (χ0n) is 12.8. The Morgan fingerprint density at radius 1 is 0.952 bits per heavy atom. The molecule has 3 rings (SSSR count). The molecule has 1 fully saturated rings. The molecule has 0 amide bonds. The fourth-order valence-electron chi connectivity index (χ4n) is 3.81. The lowest BCUT2D eigenvalue weighted by molar-refractivity contribution is -0.148. The highest BCUT2D eigenvalue weighted by Crippen LogP contribution is 2.56. The van der Waals surface area contributed by atoms with E-state index >= 15 is 0 Å². The van der Waals surface area contributed by atoms with Crippen molar-refractivity contribution in [3.63, 3.8) is 0 Å². The molecule has 0 aliphatic heterocycles. The summed E-state index contributed by atoms with van der Waals surface area (Å²) in [4.78, 5) is 12.7. The maximum Gasteiger partial charge on any atom is 0.143 e. The molecule has 1 aliphatic rings. The molecule has 3 atom stereocenters. The standard InChI is InChI=1S/C20H22O/c1-3-20(2)18(16-12-8-5-9-13-16)17(19(20)21)14-15-10-6-4-7-11-15/h4-13,17-18H,3,14H2,1-2H3. The third kappa shape index (κ3) is 2.31. The number of rotatable bonds is 4. The summed E-state index contributed by atoms with van der Waals surface area (Å²) >= 11 is 0. The van der Waals surface area contributed by atoms with Gasteiger partial charge in [-0.05, 0) is 24.0 Å². The van der Waals surface area contributed by atoms with E-state index in [1.54, 1.807) is 0 Å². The van der Waals surface area contributed by atoms with Crippen molar-refractivity contribution in [1.29, 1.82) is 0 Å². The van der Waals surface area contributed by atoms with Crippen molar-refractivity contribution in [3.05, 3.63) is 71.8 Å². The molecule has 1 saturated carbocycles. The van der Waals surface area contributed by atoms with Crippen molar-refractivity contribution in [1.82, 2.24) is 0 Å². The largest absolute Gasteiger partial charge is 0.299 e. The third-order valence-corrected chi connectivity index (χ3v) is 5.18. The molecule has 1 heteroatoms. The van der Waals surface area contributed by atoms with Gasteiger partial charge in [-0.2, -0.15) is 0 Å². The number of carbonyl (C=O) groups excluding carboxylic acids is 1. The van der Waals surface area contributed by atoms with E-state index in [-0.39, 0.29) is 11.3 Å². The number of ketones is 1. The van der Waals surface area contributed by atoms with Crippen LogP contribution in [0.3, 0.4) is 0 Å². The van der Waals surface area contributed by atoms with Crippen molar-refractivity contribution in [2.24, 2.45) is 11.3 Å². The van der Waals surface area contributed by atoms with Crippen molar-refractivity contribution in [2.75, 3.05) is 0 Å². The number of Topliss-reactive ketones (excluding diaryl/α,β-unsaturated/α-hetero) is 1. The lowest BCUT2D eigenvalue weighted by atomic mass is 9.49. The Labute approximate surface area is 127 Å². The maximum absolute atomic E-state index is 12.7. The van der Waals surface area contributed by atoms with Crippen LogP contribution in [0, 0.1) is 11.3 Å². The molecular formula is C20H22O. The van der Waals surface area contributed by atoms with Crippen LogP contribution in [0.25, 0.3) is 0 Å². The summed E-state index contributed by atoms with van der Waals surface area (Å²) in [5, 5.41) is 0. The molecule has 2 aromatic carbocycles. The first-order valence-corrected chi connectivity index (χ1v) is 7.80. The summed E-state index contributed by atoms with van der Waals surface area (Å²) in [6.45, 7) is 4.26. The maximum atomic E-state index is 12.7. The Morgan fingerprint density at radius 3 is 2.10 bits per heavy atom. The van der Waals surface area contributed by atoms with Gasteiger partial charge in [0.25, 0.3) is 0 Å². The van der Waals surface area contributed by atoms with Gasteiger partial charge in [-0.25, -0.2) is 0 Å². The molecule has 0 spiro atoms. The number of hydrogen-bond donors (Lipinski definition) is 0. The van der Waals surface area contributed by atoms with E-state index in [1.165, 1.54) is 11.1 Å². The van der Waals surface area contributed by atoms with E-state index in [9.17, 15) is 4.79 Å². The minimum absolute atomic E-state index is 0.125. The van der Waals surface area contributed by atoms with Crippen LogP contribution in [0.1, 0.15) is 37.3 Å². The minimum atomic E-state index is -0.194. The molecule has 0 heterocycles. The van der Waals surface area contributed by atoms with Gasteiger partial charge in [0.15, 0.2) is 0 Å². The van der Waals surface area contributed by atoms with Crippen LogP contribution in [0.5, 0.6) is 0 Å². The highest BCUT2D eigenvalue weighted by atomic mass is 16.1. The summed E-state index contributed by atoms with van der Waals surface area (Å²) in [6, 6.07) is 20.9. The zero-order chi connectivity index (χ0) is 14.9. The van der Waals surface area contributed by atoms with Crippen molar-refractivity contribution < 1.29 is 4.79 Å². The molecule has 0 radical (unpaired) electrons. The number of carbonyl (C=O) groups is 1. The SMILES string of the molecule is CCC1(C)C(=O)C(Cc2ccccc2)C1c1ccccc1. The minimum Gasteiger partial charge on any atom is -0.299 e. The fourth-order valence-corrected chi connectivity index (χ4v) is 3.81. The quantitative estimate of drug-likeness (QED) is 0.797. The van der Waals surface area contributed by atoms with E-state index in [0.717, 1.165) is 12.8 Å². The Balaban J connectivity index is 1.91. The van der Waals surface area contributed by atoms with Gasteiger partial charge in [0.1, 0.15) is 5.78 Å². The van der Waals surface area contributed by atoms with Crippen LogP contribution in [-0.2, 0) is 11.2 Å². The summed E-state index contributed by atoms with van der Waals surface area (Å²) < 4.78 is 0. The summed E-state index contributed by atoms with van der Waals surface area (Å²) in [5.41, 5.74) is 2.37. The lowest BCUT2D eigenvalue weighted by Gasteiger charge is -2.52. The van der Waals surface area contributed by atoms with Gasteiger partial charge < -0.3 is 0 Å². The predicted molar refractivity (Wildman–Crippen MR) is 86.2 cm³/mol. The molecule has 0 N–H and O–H groups in total. The second-order valence-electron chi connectivity index (χ2n) is 6.32. The second kappa shape index (κ2) is 5.48. The normalized spacial score (nSPS) is 28.2. The van der Waals surface area contributed by atoms with E-state index in [4.69, 9.17) is 0 Å². The Morgan fingerprint density at radius 2 is 1.52 bits per heavy atom. The van der Waals surface area contributed by atoms with Crippen LogP contribution < -0.4 is 0 Å². The molecule has 2 aromatic rings. The Kier molecular flexibility index (Phi) is 3.67. The first-order chi connectivity index (χ1) is 10.2. The van der Waals surface area contributed by atoms with Gasteiger partial charge in [-0.3, -0.25) is 4.79 Å². The van der Waals surface area contributed by atoms with Gasteiger partial charge >= 0.3 is 0 Å². The van der Waals surface area contributed by atoms with Crippen molar-refractivity contribution >= 4 is 5.78 Å². The van der Waals surface area contributed by atoms with Gasteiger partial charge in [-0.15, -0.1) is 0 Å². The highest BCUT2D eigenvalue weighted by Gasteiger charge is 2.57. The smallest absolute Gasteiger partial charge is 0.143 e. The first-order valence-electron chi connectivity index (χ1n) is 7.80. The van der Waals surface area contributed by atoms with Gasteiger partial charge in [-0.1, -0.05) is 74.5 Å². The van der Waals surface area contributed by atoms with Crippen LogP contribution >= 0.6 is 0 Å². The Bertz CT molecular complexity index is 617. The van der Waals surface area contributed by atoms with E-state index in [2.05, 4.69) is 62.4 Å². The number of hydrogen-bond acceptors (Lipinski definition) is 1. The third-order valence-electron chi connectivity index (χ3n) is 5.18. The Hall–Kier alpha value is -1.89. The van der Waals surface area contributed by atoms with Gasteiger partial charge in [0.05, 0.1) is 0 Å². The van der Waals surface area contributed by atoms with Crippen LogP contribution in [-0.4, -0.2) is 5.78 Å². The van der Waals surface area contributed by atoms with E-state index < -0.39 is 0 Å². The highest BCUT2D eigenvalue weighted by molar-refractivity contribution is 5.95. The van der Waals surface area contributed by atoms with Gasteiger partial charge in [0, 0.05) is 17.3 Å². The van der Waals surface area contributed by atoms with Crippen molar-refractivity contribution in [3.8, 4) is 0 Å². The molecule has 0 bridgehead atoms. The molecule has 3 unspecified atom stereocenters. The molecule has 0 saturated heterocycles. The summed E-state index contributed by atoms with van der Waals surface area (Å²) in [5.74, 6) is 0.902. The first kappa shape index (κ1) is 14.1. The number of benzene rings is 2. The average Bonchev–Trinajstić information content (AvgIpc) is 2.55. The summed E-state index contributed by atoms with van der Waals surface area (Å²) in [7, 11) is 0. The fraction of sp³-hybridized carbons (Fsp3) is 0.350. The molecule has 0 aromatic heterocycles. The van der Waals surface area contributed by atoms with E-state index in [1.807, 2.05) is 12.1 Å². The molecule has 1 nitrogen and oxygen atoms in total. The molecular weight excluding hydrogens is 256 g/mol. The van der Waals surface area contributed by atoms with E-state index in [0.29, 0.717) is 11.7 Å². The average molecular weight is 278 g/mol. The molecule has 108 valence electrons. The zero-order valence-corrected chi connectivity index (χ0v) is 12.8.